The van der Waals surface area contributed by atoms with Crippen molar-refractivity contribution < 1.29 is 18.7 Å². The normalized spacial score (nSPS) is 13.1. The third-order valence-corrected chi connectivity index (χ3v) is 2.68. The van der Waals surface area contributed by atoms with Crippen LogP contribution in [-0.2, 0) is 4.79 Å². The molecule has 0 aromatic rings. The van der Waals surface area contributed by atoms with E-state index in [1.165, 1.54) is 0 Å². The van der Waals surface area contributed by atoms with Crippen LogP contribution >= 0.6 is 0 Å². The first kappa shape index (κ1) is 17.2. The van der Waals surface area contributed by atoms with E-state index in [1.807, 2.05) is 13.8 Å². The number of rotatable bonds is 9. The van der Waals surface area contributed by atoms with Crippen molar-refractivity contribution in [3.8, 4) is 0 Å². The molecule has 108 valence electrons. The SMILES string of the molecule is CC(C)C[C@H](CN)CC(=O)N(CCO)CC(F)F. The number of aliphatic hydroxyl groups excluding tert-OH is 1. The highest BCUT2D eigenvalue weighted by Crippen LogP contribution is 2.16. The molecule has 4 nitrogen and oxygen atoms in total. The van der Waals surface area contributed by atoms with Gasteiger partial charge in [-0.25, -0.2) is 8.78 Å². The van der Waals surface area contributed by atoms with Gasteiger partial charge in [-0.15, -0.1) is 0 Å². The van der Waals surface area contributed by atoms with Gasteiger partial charge in [-0.3, -0.25) is 4.79 Å². The van der Waals surface area contributed by atoms with E-state index in [0.717, 1.165) is 11.3 Å². The van der Waals surface area contributed by atoms with Gasteiger partial charge in [0, 0.05) is 13.0 Å². The van der Waals surface area contributed by atoms with E-state index in [-0.39, 0.29) is 31.4 Å². The highest BCUT2D eigenvalue weighted by atomic mass is 19.3. The van der Waals surface area contributed by atoms with E-state index >= 15 is 0 Å². The summed E-state index contributed by atoms with van der Waals surface area (Å²) < 4.78 is 24.6. The lowest BCUT2D eigenvalue weighted by Crippen LogP contribution is -2.39. The van der Waals surface area contributed by atoms with Crippen molar-refractivity contribution in [1.82, 2.24) is 4.90 Å². The van der Waals surface area contributed by atoms with Crippen molar-refractivity contribution in [3.05, 3.63) is 0 Å². The number of carbonyl (C=O) groups excluding carboxylic acids is 1. The molecule has 1 amide bonds. The van der Waals surface area contributed by atoms with Crippen molar-refractivity contribution >= 4 is 5.91 Å². The topological polar surface area (TPSA) is 66.6 Å². The van der Waals surface area contributed by atoms with Gasteiger partial charge >= 0.3 is 0 Å². The van der Waals surface area contributed by atoms with Gasteiger partial charge < -0.3 is 15.7 Å². The molecular formula is C12H24F2N2O2. The zero-order valence-corrected chi connectivity index (χ0v) is 11.1. The fourth-order valence-corrected chi connectivity index (χ4v) is 1.91. The number of hydrogen-bond acceptors (Lipinski definition) is 3. The summed E-state index contributed by atoms with van der Waals surface area (Å²) in [6.45, 7) is 3.43. The van der Waals surface area contributed by atoms with Crippen LogP contribution < -0.4 is 5.73 Å². The molecule has 18 heavy (non-hydrogen) atoms. The first-order chi connectivity index (χ1) is 8.40. The minimum absolute atomic E-state index is 0.0105. The molecule has 0 aliphatic rings. The van der Waals surface area contributed by atoms with Crippen molar-refractivity contribution in [3.63, 3.8) is 0 Å². The Morgan fingerprint density at radius 3 is 2.39 bits per heavy atom. The Balaban J connectivity index is 4.37. The molecule has 3 N–H and O–H groups in total. The van der Waals surface area contributed by atoms with Crippen LogP contribution in [0.25, 0.3) is 0 Å². The van der Waals surface area contributed by atoms with Crippen LogP contribution in [0.3, 0.4) is 0 Å². The first-order valence-corrected chi connectivity index (χ1v) is 6.27. The van der Waals surface area contributed by atoms with E-state index in [2.05, 4.69) is 0 Å². The fourth-order valence-electron chi connectivity index (χ4n) is 1.91. The summed E-state index contributed by atoms with van der Waals surface area (Å²) in [5.74, 6) is 0.0598. The average molecular weight is 266 g/mol. The third-order valence-electron chi connectivity index (χ3n) is 2.68. The van der Waals surface area contributed by atoms with E-state index < -0.39 is 13.0 Å². The molecule has 0 heterocycles. The lowest BCUT2D eigenvalue weighted by Gasteiger charge is -2.24. The lowest BCUT2D eigenvalue weighted by atomic mass is 9.94. The maximum absolute atomic E-state index is 12.3. The largest absolute Gasteiger partial charge is 0.395 e. The highest BCUT2D eigenvalue weighted by molar-refractivity contribution is 5.76. The van der Waals surface area contributed by atoms with E-state index in [1.54, 1.807) is 0 Å². The summed E-state index contributed by atoms with van der Waals surface area (Å²) in [4.78, 5) is 12.9. The number of carbonyl (C=O) groups is 1. The zero-order valence-electron chi connectivity index (χ0n) is 11.1. The van der Waals surface area contributed by atoms with Crippen molar-refractivity contribution in [1.29, 1.82) is 0 Å². The summed E-state index contributed by atoms with van der Waals surface area (Å²) in [6.07, 6.45) is -1.62. The molecule has 0 aliphatic carbocycles. The summed E-state index contributed by atoms with van der Waals surface area (Å²) in [5, 5.41) is 8.77. The molecule has 0 bridgehead atoms. The summed E-state index contributed by atoms with van der Waals surface area (Å²) in [7, 11) is 0. The van der Waals surface area contributed by atoms with Crippen LogP contribution in [-0.4, -0.2) is 48.6 Å². The molecule has 0 aliphatic heterocycles. The number of aliphatic hydroxyl groups is 1. The Labute approximate surface area is 107 Å². The molecule has 0 radical (unpaired) electrons. The molecule has 1 atom stereocenters. The summed E-state index contributed by atoms with van der Waals surface area (Å²) in [6, 6.07) is 0. The minimum atomic E-state index is -2.58. The highest BCUT2D eigenvalue weighted by Gasteiger charge is 2.21. The van der Waals surface area contributed by atoms with Crippen LogP contribution in [0.4, 0.5) is 8.78 Å². The Morgan fingerprint density at radius 2 is 2.00 bits per heavy atom. The van der Waals surface area contributed by atoms with E-state index in [9.17, 15) is 13.6 Å². The molecular weight excluding hydrogens is 242 g/mol. The monoisotopic (exact) mass is 266 g/mol. The number of halogens is 2. The van der Waals surface area contributed by atoms with Crippen LogP contribution in [0.15, 0.2) is 0 Å². The smallest absolute Gasteiger partial charge is 0.255 e. The molecule has 0 rings (SSSR count). The maximum Gasteiger partial charge on any atom is 0.255 e. The van der Waals surface area contributed by atoms with Gasteiger partial charge in [0.1, 0.15) is 0 Å². The Kier molecular flexibility index (Phi) is 8.83. The molecule has 0 saturated carbocycles. The van der Waals surface area contributed by atoms with Crippen LogP contribution in [0.1, 0.15) is 26.7 Å². The fraction of sp³-hybridized carbons (Fsp3) is 0.917. The van der Waals surface area contributed by atoms with Crippen molar-refractivity contribution in [2.75, 3.05) is 26.2 Å². The second-order valence-corrected chi connectivity index (χ2v) is 4.89. The van der Waals surface area contributed by atoms with Crippen LogP contribution in [0.2, 0.25) is 0 Å². The molecule has 0 spiro atoms. The Bertz CT molecular complexity index is 238. The van der Waals surface area contributed by atoms with Gasteiger partial charge in [-0.05, 0) is 24.8 Å². The molecule has 0 saturated heterocycles. The van der Waals surface area contributed by atoms with Crippen molar-refractivity contribution in [2.24, 2.45) is 17.6 Å². The number of amides is 1. The minimum Gasteiger partial charge on any atom is -0.395 e. The standard InChI is InChI=1S/C12H24F2N2O2/c1-9(2)5-10(7-15)6-12(18)16(3-4-17)8-11(13)14/h9-11,17H,3-8,15H2,1-2H3/t10-/m0/s1. The predicted molar refractivity (Wildman–Crippen MR) is 66.3 cm³/mol. The number of hydrogen-bond donors (Lipinski definition) is 2. The summed E-state index contributed by atoms with van der Waals surface area (Å²) in [5.41, 5.74) is 5.58. The molecule has 0 aromatic carbocycles. The second kappa shape index (κ2) is 9.22. The Morgan fingerprint density at radius 1 is 1.39 bits per heavy atom. The zero-order chi connectivity index (χ0) is 14.1. The van der Waals surface area contributed by atoms with E-state index in [4.69, 9.17) is 10.8 Å². The quantitative estimate of drug-likeness (QED) is 0.656. The molecule has 6 heteroatoms. The van der Waals surface area contributed by atoms with Gasteiger partial charge in [0.05, 0.1) is 13.2 Å². The second-order valence-electron chi connectivity index (χ2n) is 4.89. The molecule has 0 unspecified atom stereocenters. The summed E-state index contributed by atoms with van der Waals surface area (Å²) >= 11 is 0. The Hall–Kier alpha value is -0.750. The van der Waals surface area contributed by atoms with Gasteiger partial charge in [0.2, 0.25) is 5.91 Å². The number of alkyl halides is 2. The number of nitrogens with zero attached hydrogens (tertiary/aromatic N) is 1. The average Bonchev–Trinajstić information content (AvgIpc) is 2.26. The van der Waals surface area contributed by atoms with Gasteiger partial charge in [0.25, 0.3) is 6.43 Å². The first-order valence-electron chi connectivity index (χ1n) is 6.27. The predicted octanol–water partition coefficient (Wildman–Crippen LogP) is 1.08. The maximum atomic E-state index is 12.3. The third kappa shape index (κ3) is 7.55. The van der Waals surface area contributed by atoms with Crippen LogP contribution in [0, 0.1) is 11.8 Å². The number of nitrogens with two attached hydrogens (primary N) is 1. The molecule has 0 fully saturated rings. The molecule has 0 aromatic heterocycles. The lowest BCUT2D eigenvalue weighted by molar-refractivity contribution is -0.134. The van der Waals surface area contributed by atoms with Crippen molar-refractivity contribution in [2.45, 2.75) is 33.1 Å². The van der Waals surface area contributed by atoms with Gasteiger partial charge in [-0.1, -0.05) is 13.8 Å². The van der Waals surface area contributed by atoms with Gasteiger partial charge in [-0.2, -0.15) is 0 Å². The van der Waals surface area contributed by atoms with Crippen LogP contribution in [0.5, 0.6) is 0 Å². The van der Waals surface area contributed by atoms with E-state index in [0.29, 0.717) is 12.5 Å². The van der Waals surface area contributed by atoms with Gasteiger partial charge in [0.15, 0.2) is 0 Å².